The van der Waals surface area contributed by atoms with E-state index in [2.05, 4.69) is 18.5 Å². The topological polar surface area (TPSA) is 153 Å². The van der Waals surface area contributed by atoms with E-state index >= 15 is 0 Å². The minimum atomic E-state index is -1.74. The quantitative estimate of drug-likeness (QED) is 0.147. The minimum Gasteiger partial charge on any atom is -0.459 e. The van der Waals surface area contributed by atoms with E-state index in [1.54, 1.807) is 67.6 Å². The van der Waals surface area contributed by atoms with E-state index < -0.39 is 77.3 Å². The van der Waals surface area contributed by atoms with Crippen LogP contribution in [0, 0.1) is 17.8 Å². The van der Waals surface area contributed by atoms with E-state index in [-0.39, 0.29) is 31.1 Å². The van der Waals surface area contributed by atoms with Crippen LogP contribution in [-0.2, 0) is 38.1 Å². The normalized spacial score (nSPS) is 35.2. The van der Waals surface area contributed by atoms with Crippen molar-refractivity contribution in [3.8, 4) is 0 Å². The number of hydrogen-bond donors (Lipinski definition) is 2. The molecule has 11 nitrogen and oxygen atoms in total. The predicted octanol–water partition coefficient (Wildman–Crippen LogP) is 2.59. The number of rotatable bonds is 8. The Morgan fingerprint density at radius 3 is 2.28 bits per heavy atom. The average molecular weight is 630 g/mol. The summed E-state index contributed by atoms with van der Waals surface area (Å²) < 4.78 is 29.1. The highest BCUT2D eigenvalue weighted by molar-refractivity contribution is 5.95. The van der Waals surface area contributed by atoms with Gasteiger partial charge in [0.25, 0.3) is 5.91 Å². The van der Waals surface area contributed by atoms with Gasteiger partial charge in [-0.25, -0.2) is 14.4 Å². The Bertz CT molecular complexity index is 1600. The molecule has 0 unspecified atom stereocenters. The molecule has 240 valence electrons. The van der Waals surface area contributed by atoms with E-state index in [1.165, 1.54) is 0 Å². The fraction of sp³-hybridized carbons (Fsp3) is 0.429. The summed E-state index contributed by atoms with van der Waals surface area (Å²) in [5.74, 6) is -3.91. The largest absolute Gasteiger partial charge is 0.459 e. The van der Waals surface area contributed by atoms with Gasteiger partial charge in [0.2, 0.25) is 0 Å². The summed E-state index contributed by atoms with van der Waals surface area (Å²) in [5, 5.41) is 14.1. The second-order valence-corrected chi connectivity index (χ2v) is 13.0. The number of amides is 1. The van der Waals surface area contributed by atoms with Crippen LogP contribution in [0.2, 0.25) is 0 Å². The molecule has 0 bridgehead atoms. The van der Waals surface area contributed by atoms with Gasteiger partial charge < -0.3 is 34.1 Å². The molecule has 0 radical (unpaired) electrons. The van der Waals surface area contributed by atoms with Crippen molar-refractivity contribution < 1.29 is 48.0 Å². The monoisotopic (exact) mass is 629 g/mol. The minimum absolute atomic E-state index is 0.199. The highest BCUT2D eigenvalue weighted by Crippen LogP contribution is 2.61. The van der Waals surface area contributed by atoms with Crippen LogP contribution in [0.5, 0.6) is 0 Å². The summed E-state index contributed by atoms with van der Waals surface area (Å²) in [4.78, 5) is 52.4. The number of epoxide rings is 2. The predicted molar refractivity (Wildman–Crippen MR) is 160 cm³/mol. The first-order valence-corrected chi connectivity index (χ1v) is 15.4. The van der Waals surface area contributed by atoms with Crippen molar-refractivity contribution >= 4 is 23.8 Å². The fourth-order valence-electron chi connectivity index (χ4n) is 7.31. The van der Waals surface area contributed by atoms with Gasteiger partial charge in [0, 0.05) is 23.5 Å². The maximum Gasteiger partial charge on any atom is 0.340 e. The van der Waals surface area contributed by atoms with Crippen molar-refractivity contribution in [3.63, 3.8) is 0 Å². The molecule has 5 fully saturated rings. The first-order chi connectivity index (χ1) is 22.0. The molecule has 0 aromatic heterocycles. The van der Waals surface area contributed by atoms with Crippen LogP contribution < -0.4 is 5.32 Å². The zero-order chi connectivity index (χ0) is 32.4. The van der Waals surface area contributed by atoms with Gasteiger partial charge >= 0.3 is 17.9 Å². The number of aliphatic hydroxyl groups excluding tert-OH is 1. The van der Waals surface area contributed by atoms with Crippen LogP contribution >= 0.6 is 0 Å². The van der Waals surface area contributed by atoms with Gasteiger partial charge in [0.1, 0.15) is 23.9 Å². The van der Waals surface area contributed by atoms with Crippen LogP contribution in [0.25, 0.3) is 0 Å². The molecule has 3 saturated heterocycles. The molecule has 2 N–H and O–H groups in total. The second kappa shape index (κ2) is 11.2. The summed E-state index contributed by atoms with van der Waals surface area (Å²) in [5.41, 5.74) is -0.184. The van der Waals surface area contributed by atoms with Crippen LogP contribution in [0.3, 0.4) is 0 Å². The van der Waals surface area contributed by atoms with Crippen molar-refractivity contribution in [2.75, 3.05) is 13.2 Å². The summed E-state index contributed by atoms with van der Waals surface area (Å²) in [6.07, 6.45) is -3.49. The molecule has 3 heterocycles. The number of ether oxygens (including phenoxy) is 5. The van der Waals surface area contributed by atoms with Gasteiger partial charge in [-0.3, -0.25) is 4.79 Å². The second-order valence-electron chi connectivity index (χ2n) is 13.0. The number of carbonyl (C=O) groups excluding carboxylic acids is 4. The van der Waals surface area contributed by atoms with Crippen LogP contribution in [0.4, 0.5) is 0 Å². The summed E-state index contributed by atoms with van der Waals surface area (Å²) in [6, 6.07) is 16.1. The lowest BCUT2D eigenvalue weighted by Crippen LogP contribution is -2.46. The zero-order valence-electron chi connectivity index (χ0n) is 25.3. The summed E-state index contributed by atoms with van der Waals surface area (Å²) in [6.45, 7) is 10.4. The lowest BCUT2D eigenvalue weighted by molar-refractivity contribution is -0.166. The molecule has 1 spiro atoms. The smallest absolute Gasteiger partial charge is 0.340 e. The van der Waals surface area contributed by atoms with Crippen LogP contribution in [0.1, 0.15) is 41.7 Å². The van der Waals surface area contributed by atoms with Crippen molar-refractivity contribution in [1.29, 1.82) is 0 Å². The molecule has 2 aliphatic carbocycles. The Balaban J connectivity index is 1.12. The molecule has 11 heteroatoms. The maximum atomic E-state index is 13.6. The van der Waals surface area contributed by atoms with E-state index in [0.717, 1.165) is 5.57 Å². The third-order valence-corrected chi connectivity index (χ3v) is 10.1. The fourth-order valence-corrected chi connectivity index (χ4v) is 7.31. The van der Waals surface area contributed by atoms with Crippen molar-refractivity contribution in [2.24, 2.45) is 17.8 Å². The Labute approximate surface area is 265 Å². The molecule has 5 aliphatic rings. The van der Waals surface area contributed by atoms with Gasteiger partial charge in [-0.05, 0) is 37.0 Å². The Kier molecular flexibility index (Phi) is 7.38. The number of benzene rings is 2. The van der Waals surface area contributed by atoms with E-state index in [0.29, 0.717) is 17.5 Å². The molecule has 2 aromatic carbocycles. The van der Waals surface area contributed by atoms with Crippen LogP contribution in [0.15, 0.2) is 85.0 Å². The molecule has 7 rings (SSSR count). The Hall–Kier alpha value is -4.32. The first kappa shape index (κ1) is 30.3. The van der Waals surface area contributed by atoms with Gasteiger partial charge in [-0.15, -0.1) is 0 Å². The third-order valence-electron chi connectivity index (χ3n) is 10.1. The van der Waals surface area contributed by atoms with E-state index in [9.17, 15) is 24.3 Å². The number of aliphatic hydroxyl groups is 1. The van der Waals surface area contributed by atoms with Crippen molar-refractivity contribution in [1.82, 2.24) is 5.32 Å². The van der Waals surface area contributed by atoms with Gasteiger partial charge in [-0.1, -0.05) is 67.3 Å². The number of hydrogen-bond acceptors (Lipinski definition) is 10. The highest BCUT2D eigenvalue weighted by Gasteiger charge is 2.72. The molecular weight excluding hydrogens is 594 g/mol. The Morgan fingerprint density at radius 2 is 1.65 bits per heavy atom. The molecule has 3 aliphatic heterocycles. The number of esters is 3. The lowest BCUT2D eigenvalue weighted by atomic mass is 9.78. The number of fused-ring (bicyclic) bond motifs is 4. The van der Waals surface area contributed by atoms with Gasteiger partial charge in [0.05, 0.1) is 25.2 Å². The van der Waals surface area contributed by atoms with Crippen LogP contribution in [-0.4, -0.2) is 77.8 Å². The van der Waals surface area contributed by atoms with Crippen molar-refractivity contribution in [2.45, 2.75) is 61.4 Å². The molecule has 2 saturated carbocycles. The maximum absolute atomic E-state index is 13.6. The third kappa shape index (κ3) is 5.12. The van der Waals surface area contributed by atoms with E-state index in [4.69, 9.17) is 23.7 Å². The molecule has 46 heavy (non-hydrogen) atoms. The highest BCUT2D eigenvalue weighted by atomic mass is 16.7. The van der Waals surface area contributed by atoms with E-state index in [1.807, 2.05) is 0 Å². The van der Waals surface area contributed by atoms with Gasteiger partial charge in [0.15, 0.2) is 11.7 Å². The average Bonchev–Trinajstić information content (AvgIpc) is 3.96. The molecular formula is C35H35NO10. The zero-order valence-corrected chi connectivity index (χ0v) is 25.3. The number of nitrogens with one attached hydrogen (secondary N) is 1. The Morgan fingerprint density at radius 1 is 1.00 bits per heavy atom. The SMILES string of the molecule is C=C1C(=O)O[C@H]2[C@H]1[C@@H](OC(=O)[C@@]1(C)CO1)CC(=C)[C@@H]1C[C@H](OC(=O)[C@H](O)[C@@H](NC(=O)c3ccccc3)c3ccccc3)[C@]3(CO3)[C@H]21. The summed E-state index contributed by atoms with van der Waals surface area (Å²) in [7, 11) is 0. The lowest BCUT2D eigenvalue weighted by Gasteiger charge is -2.31. The summed E-state index contributed by atoms with van der Waals surface area (Å²) >= 11 is 0. The molecule has 1 amide bonds. The van der Waals surface area contributed by atoms with Crippen molar-refractivity contribution in [3.05, 3.63) is 96.1 Å². The number of carbonyl (C=O) groups is 4. The standard InChI is InChI=1S/C35H35NO10/c1-18-14-23(44-33(41)34(3)16-42-34)25-19(2)31(39)46-29(25)26-22(18)15-24(35(26)17-43-35)45-32(40)28(37)27(20-10-6-4-7-11-20)36-30(38)21-12-8-5-9-13-21/h4-13,22-29,37H,1-2,14-17H2,3H3,(H,36,38)/t22-,23-,24-,25+,26-,27-,28+,29-,34+,35+/m0/s1. The van der Waals surface area contributed by atoms with Gasteiger partial charge in [-0.2, -0.15) is 0 Å². The molecule has 10 atom stereocenters. The first-order valence-electron chi connectivity index (χ1n) is 15.4. The molecule has 2 aromatic rings.